The number of likely N-dealkylation sites (tertiary alicyclic amines) is 1. The third-order valence-corrected chi connectivity index (χ3v) is 3.77. The zero-order valence-corrected chi connectivity index (χ0v) is 10.7. The second kappa shape index (κ2) is 5.00. The number of hydrogen-bond acceptors (Lipinski definition) is 2. The largest absolute Gasteiger partial charge is 0.337 e. The zero-order chi connectivity index (χ0) is 11.5. The summed E-state index contributed by atoms with van der Waals surface area (Å²) in [6.45, 7) is 8.16. The van der Waals surface area contributed by atoms with Crippen LogP contribution in [0.3, 0.4) is 0 Å². The number of rotatable bonds is 3. The van der Waals surface area contributed by atoms with Crippen LogP contribution in [-0.2, 0) is 13.6 Å². The summed E-state index contributed by atoms with van der Waals surface area (Å²) in [4.78, 5) is 6.95. The van der Waals surface area contributed by atoms with E-state index in [-0.39, 0.29) is 0 Å². The van der Waals surface area contributed by atoms with E-state index in [9.17, 15) is 0 Å². The van der Waals surface area contributed by atoms with E-state index < -0.39 is 0 Å². The van der Waals surface area contributed by atoms with Gasteiger partial charge in [-0.15, -0.1) is 0 Å². The van der Waals surface area contributed by atoms with Gasteiger partial charge in [-0.3, -0.25) is 4.90 Å². The van der Waals surface area contributed by atoms with Crippen molar-refractivity contribution in [2.45, 2.75) is 33.2 Å². The Balaban J connectivity index is 1.93. The average Bonchev–Trinajstić information content (AvgIpc) is 2.65. The van der Waals surface area contributed by atoms with Gasteiger partial charge in [0, 0.05) is 26.0 Å². The second-order valence-electron chi connectivity index (χ2n) is 5.34. The van der Waals surface area contributed by atoms with Crippen molar-refractivity contribution in [3.63, 3.8) is 0 Å². The van der Waals surface area contributed by atoms with Crippen LogP contribution < -0.4 is 0 Å². The zero-order valence-electron chi connectivity index (χ0n) is 10.7. The molecule has 2 rings (SSSR count). The third kappa shape index (κ3) is 2.64. The van der Waals surface area contributed by atoms with Crippen molar-refractivity contribution in [2.24, 2.45) is 18.9 Å². The van der Waals surface area contributed by atoms with Crippen LogP contribution in [0.25, 0.3) is 0 Å². The van der Waals surface area contributed by atoms with E-state index >= 15 is 0 Å². The molecule has 0 spiro atoms. The maximum atomic E-state index is 4.40. The minimum Gasteiger partial charge on any atom is -0.337 e. The van der Waals surface area contributed by atoms with Crippen LogP contribution in [0, 0.1) is 11.8 Å². The van der Waals surface area contributed by atoms with Crippen LogP contribution in [0.15, 0.2) is 12.4 Å². The highest BCUT2D eigenvalue weighted by molar-refractivity contribution is 4.91. The Morgan fingerprint density at radius 1 is 1.50 bits per heavy atom. The first-order valence-corrected chi connectivity index (χ1v) is 6.35. The van der Waals surface area contributed by atoms with Gasteiger partial charge in [0.2, 0.25) is 0 Å². The first kappa shape index (κ1) is 11.6. The predicted octanol–water partition coefficient (Wildman–Crippen LogP) is 2.29. The minimum atomic E-state index is 0.809. The van der Waals surface area contributed by atoms with Crippen molar-refractivity contribution in [3.8, 4) is 0 Å². The normalized spacial score (nSPS) is 22.9. The van der Waals surface area contributed by atoms with Crippen LogP contribution in [-0.4, -0.2) is 27.5 Å². The maximum absolute atomic E-state index is 4.40. The molecule has 90 valence electrons. The van der Waals surface area contributed by atoms with Gasteiger partial charge in [-0.05, 0) is 31.2 Å². The van der Waals surface area contributed by atoms with E-state index in [1.54, 1.807) is 0 Å². The minimum absolute atomic E-state index is 0.809. The Bertz CT molecular complexity index is 330. The monoisotopic (exact) mass is 221 g/mol. The first-order chi connectivity index (χ1) is 7.66. The van der Waals surface area contributed by atoms with Gasteiger partial charge in [0.05, 0.1) is 6.54 Å². The van der Waals surface area contributed by atoms with E-state index in [0.717, 1.165) is 18.4 Å². The molecule has 1 aliphatic heterocycles. The van der Waals surface area contributed by atoms with Gasteiger partial charge in [0.25, 0.3) is 0 Å². The van der Waals surface area contributed by atoms with Crippen molar-refractivity contribution < 1.29 is 0 Å². The molecular formula is C13H23N3. The van der Waals surface area contributed by atoms with Crippen molar-refractivity contribution >= 4 is 0 Å². The molecule has 0 amide bonds. The van der Waals surface area contributed by atoms with Crippen LogP contribution in [0.5, 0.6) is 0 Å². The van der Waals surface area contributed by atoms with E-state index in [1.807, 2.05) is 12.4 Å². The second-order valence-corrected chi connectivity index (χ2v) is 5.34. The van der Waals surface area contributed by atoms with Crippen LogP contribution in [0.1, 0.15) is 32.5 Å². The molecule has 0 N–H and O–H groups in total. The molecule has 1 saturated heterocycles. The molecule has 1 aliphatic rings. The van der Waals surface area contributed by atoms with Gasteiger partial charge in [-0.1, -0.05) is 13.8 Å². The van der Waals surface area contributed by atoms with Crippen molar-refractivity contribution in [3.05, 3.63) is 18.2 Å². The highest BCUT2D eigenvalue weighted by atomic mass is 15.2. The quantitative estimate of drug-likeness (QED) is 0.781. The Hall–Kier alpha value is -0.830. The van der Waals surface area contributed by atoms with Crippen molar-refractivity contribution in [1.82, 2.24) is 14.5 Å². The summed E-state index contributed by atoms with van der Waals surface area (Å²) in [6.07, 6.45) is 6.65. The Kier molecular flexibility index (Phi) is 3.64. The van der Waals surface area contributed by atoms with Gasteiger partial charge in [-0.25, -0.2) is 4.98 Å². The Labute approximate surface area is 98.5 Å². The van der Waals surface area contributed by atoms with Crippen molar-refractivity contribution in [2.75, 3.05) is 13.1 Å². The SMILES string of the molecule is CC(C)[C@@H]1CCCN(Cc2nccn2C)C1. The summed E-state index contributed by atoms with van der Waals surface area (Å²) < 4.78 is 2.12. The molecule has 2 heterocycles. The number of aryl methyl sites for hydroxylation is 1. The van der Waals surface area contributed by atoms with Gasteiger partial charge >= 0.3 is 0 Å². The maximum Gasteiger partial charge on any atom is 0.122 e. The summed E-state index contributed by atoms with van der Waals surface area (Å²) in [5.41, 5.74) is 0. The van der Waals surface area contributed by atoms with Crippen LogP contribution in [0.2, 0.25) is 0 Å². The topological polar surface area (TPSA) is 21.1 Å². The lowest BCUT2D eigenvalue weighted by atomic mass is 9.88. The molecular weight excluding hydrogens is 198 g/mol. The third-order valence-electron chi connectivity index (χ3n) is 3.77. The fourth-order valence-corrected chi connectivity index (χ4v) is 2.53. The summed E-state index contributed by atoms with van der Waals surface area (Å²) in [5, 5.41) is 0. The molecule has 0 aromatic carbocycles. The molecule has 1 aromatic heterocycles. The summed E-state index contributed by atoms with van der Waals surface area (Å²) in [6, 6.07) is 0. The van der Waals surface area contributed by atoms with Crippen LogP contribution in [0.4, 0.5) is 0 Å². The lowest BCUT2D eigenvalue weighted by Crippen LogP contribution is -2.37. The average molecular weight is 221 g/mol. The summed E-state index contributed by atoms with van der Waals surface area (Å²) in [5.74, 6) is 2.86. The molecule has 1 aromatic rings. The molecule has 3 nitrogen and oxygen atoms in total. The first-order valence-electron chi connectivity index (χ1n) is 6.35. The Morgan fingerprint density at radius 2 is 2.31 bits per heavy atom. The van der Waals surface area contributed by atoms with Gasteiger partial charge in [-0.2, -0.15) is 0 Å². The molecule has 1 fully saturated rings. The standard InChI is InChI=1S/C13H23N3/c1-11(2)12-5-4-7-16(9-12)10-13-14-6-8-15(13)3/h6,8,11-12H,4-5,7,9-10H2,1-3H3/t12-/m1/s1. The molecule has 1 atom stereocenters. The molecule has 16 heavy (non-hydrogen) atoms. The predicted molar refractivity (Wildman–Crippen MR) is 66.0 cm³/mol. The molecule has 0 bridgehead atoms. The summed E-state index contributed by atoms with van der Waals surface area (Å²) >= 11 is 0. The van der Waals surface area contributed by atoms with E-state index in [1.165, 1.54) is 31.8 Å². The number of imidazole rings is 1. The number of piperidine rings is 1. The number of aromatic nitrogens is 2. The molecule has 0 unspecified atom stereocenters. The molecule has 0 saturated carbocycles. The highest BCUT2D eigenvalue weighted by Crippen LogP contribution is 2.24. The highest BCUT2D eigenvalue weighted by Gasteiger charge is 2.22. The number of hydrogen-bond donors (Lipinski definition) is 0. The fraction of sp³-hybridized carbons (Fsp3) is 0.769. The smallest absolute Gasteiger partial charge is 0.122 e. The van der Waals surface area contributed by atoms with Gasteiger partial charge < -0.3 is 4.57 Å². The fourth-order valence-electron chi connectivity index (χ4n) is 2.53. The van der Waals surface area contributed by atoms with E-state index in [0.29, 0.717) is 0 Å². The van der Waals surface area contributed by atoms with Gasteiger partial charge in [0.1, 0.15) is 5.82 Å². The Morgan fingerprint density at radius 3 is 2.94 bits per heavy atom. The number of nitrogens with zero attached hydrogens (tertiary/aromatic N) is 3. The van der Waals surface area contributed by atoms with E-state index in [2.05, 4.69) is 35.3 Å². The lowest BCUT2D eigenvalue weighted by molar-refractivity contribution is 0.135. The lowest BCUT2D eigenvalue weighted by Gasteiger charge is -2.34. The summed E-state index contributed by atoms with van der Waals surface area (Å²) in [7, 11) is 2.08. The molecule has 0 aliphatic carbocycles. The molecule has 0 radical (unpaired) electrons. The van der Waals surface area contributed by atoms with E-state index in [4.69, 9.17) is 0 Å². The molecule has 3 heteroatoms. The van der Waals surface area contributed by atoms with Crippen LogP contribution >= 0.6 is 0 Å². The van der Waals surface area contributed by atoms with Gasteiger partial charge in [0.15, 0.2) is 0 Å². The van der Waals surface area contributed by atoms with Crippen molar-refractivity contribution in [1.29, 1.82) is 0 Å².